The highest BCUT2D eigenvalue weighted by Crippen LogP contribution is 2.07. The van der Waals surface area contributed by atoms with Gasteiger partial charge in [0, 0.05) is 12.8 Å². The number of ketones is 3. The molecule has 0 fully saturated rings. The molecule has 0 heterocycles. The fraction of sp³-hybridized carbons (Fsp3) is 0.692. The zero-order valence-corrected chi connectivity index (χ0v) is 11.7. The predicted molar refractivity (Wildman–Crippen MR) is 67.9 cm³/mol. The summed E-state index contributed by atoms with van der Waals surface area (Å²) in [6.45, 7) is 9.52. The average Bonchev–Trinajstić information content (AvgIpc) is 1.99. The van der Waals surface area contributed by atoms with Crippen molar-refractivity contribution in [2.45, 2.75) is 54.4 Å². The molecule has 0 aromatic heterocycles. The third-order valence-electron chi connectivity index (χ3n) is 1.27. The van der Waals surface area contributed by atoms with Crippen LogP contribution >= 0.6 is 0 Å². The van der Waals surface area contributed by atoms with Crippen molar-refractivity contribution in [3.63, 3.8) is 0 Å². The Labute approximate surface area is 104 Å². The molecular weight excluding hydrogens is 220 g/mol. The summed E-state index contributed by atoms with van der Waals surface area (Å²) >= 11 is 0. The van der Waals surface area contributed by atoms with Gasteiger partial charge in [0.25, 0.3) is 0 Å². The van der Waals surface area contributed by atoms with Gasteiger partial charge in [0.15, 0.2) is 0 Å². The maximum atomic E-state index is 10.5. The SMILES string of the molecule is CC(=O)CC(C)CC(C)=O.CC(C)=O.CC=O. The van der Waals surface area contributed by atoms with Crippen LogP contribution in [0.3, 0.4) is 0 Å². The van der Waals surface area contributed by atoms with Gasteiger partial charge in [-0.15, -0.1) is 0 Å². The lowest BCUT2D eigenvalue weighted by Gasteiger charge is -2.04. The van der Waals surface area contributed by atoms with E-state index in [2.05, 4.69) is 0 Å². The average molecular weight is 244 g/mol. The third kappa shape index (κ3) is 52.9. The van der Waals surface area contributed by atoms with E-state index >= 15 is 0 Å². The molecule has 0 aliphatic rings. The van der Waals surface area contributed by atoms with E-state index in [0.717, 1.165) is 6.29 Å². The zero-order chi connectivity index (χ0) is 14.4. The van der Waals surface area contributed by atoms with E-state index in [4.69, 9.17) is 4.79 Å². The normalized spacial score (nSPS) is 8.18. The van der Waals surface area contributed by atoms with Gasteiger partial charge < -0.3 is 19.2 Å². The van der Waals surface area contributed by atoms with Crippen LogP contribution in [-0.2, 0) is 19.2 Å². The van der Waals surface area contributed by atoms with Crippen molar-refractivity contribution in [3.05, 3.63) is 0 Å². The summed E-state index contributed by atoms with van der Waals surface area (Å²) in [7, 11) is 0. The lowest BCUT2D eigenvalue weighted by Crippen LogP contribution is -2.05. The Morgan fingerprint density at radius 3 is 1.24 bits per heavy atom. The van der Waals surface area contributed by atoms with Gasteiger partial charge >= 0.3 is 0 Å². The molecule has 100 valence electrons. The molecule has 0 aliphatic carbocycles. The molecule has 4 nitrogen and oxygen atoms in total. The molecule has 0 N–H and O–H groups in total. The molecule has 0 saturated carbocycles. The first-order chi connectivity index (χ1) is 7.67. The van der Waals surface area contributed by atoms with Gasteiger partial charge in [-0.05, 0) is 40.5 Å². The molecular formula is C13H24O4. The van der Waals surface area contributed by atoms with Crippen molar-refractivity contribution in [1.29, 1.82) is 0 Å². The van der Waals surface area contributed by atoms with Crippen LogP contribution in [0.2, 0.25) is 0 Å². The molecule has 0 amide bonds. The van der Waals surface area contributed by atoms with E-state index in [-0.39, 0.29) is 23.3 Å². The van der Waals surface area contributed by atoms with Crippen molar-refractivity contribution in [2.24, 2.45) is 5.92 Å². The molecule has 0 aliphatic heterocycles. The van der Waals surface area contributed by atoms with Crippen LogP contribution in [0.1, 0.15) is 54.4 Å². The predicted octanol–water partition coefficient (Wildman–Crippen LogP) is 2.38. The van der Waals surface area contributed by atoms with Gasteiger partial charge in [0.1, 0.15) is 23.6 Å². The highest BCUT2D eigenvalue weighted by atomic mass is 16.1. The number of hydrogen-bond donors (Lipinski definition) is 0. The summed E-state index contributed by atoms with van der Waals surface area (Å²) in [6.07, 6.45) is 1.80. The highest BCUT2D eigenvalue weighted by Gasteiger charge is 2.06. The highest BCUT2D eigenvalue weighted by molar-refractivity contribution is 5.78. The van der Waals surface area contributed by atoms with E-state index < -0.39 is 0 Å². The summed E-state index contributed by atoms with van der Waals surface area (Å²) in [5.74, 6) is 0.706. The number of aldehydes is 1. The fourth-order valence-corrected chi connectivity index (χ4v) is 1.05. The minimum absolute atomic E-state index is 0.161. The maximum absolute atomic E-state index is 10.5. The van der Waals surface area contributed by atoms with Crippen LogP contribution in [-0.4, -0.2) is 23.6 Å². The van der Waals surface area contributed by atoms with E-state index in [1.165, 1.54) is 20.8 Å². The summed E-state index contributed by atoms with van der Waals surface area (Å²) in [5.41, 5.74) is 0. The molecule has 0 aromatic carbocycles. The molecule has 4 heteroatoms. The van der Waals surface area contributed by atoms with Gasteiger partial charge in [0.2, 0.25) is 0 Å². The van der Waals surface area contributed by atoms with E-state index in [1.54, 1.807) is 13.8 Å². The molecule has 0 saturated heterocycles. The molecule has 17 heavy (non-hydrogen) atoms. The first-order valence-electron chi connectivity index (χ1n) is 5.53. The minimum atomic E-state index is 0.161. The van der Waals surface area contributed by atoms with Crippen molar-refractivity contribution in [3.8, 4) is 0 Å². The summed E-state index contributed by atoms with van der Waals surface area (Å²) in [6, 6.07) is 0. The Kier molecular flexibility index (Phi) is 18.1. The molecule has 0 atom stereocenters. The topological polar surface area (TPSA) is 68.3 Å². The first kappa shape index (κ1) is 21.0. The van der Waals surface area contributed by atoms with Crippen molar-refractivity contribution >= 4 is 23.6 Å². The third-order valence-corrected chi connectivity index (χ3v) is 1.27. The molecule has 0 rings (SSSR count). The lowest BCUT2D eigenvalue weighted by atomic mass is 10.00. The first-order valence-corrected chi connectivity index (χ1v) is 5.53. The van der Waals surface area contributed by atoms with Crippen molar-refractivity contribution in [2.75, 3.05) is 0 Å². The number of carbonyl (C=O) groups excluding carboxylic acids is 4. The van der Waals surface area contributed by atoms with Crippen LogP contribution in [0.25, 0.3) is 0 Å². The Hall–Kier alpha value is -1.32. The number of hydrogen-bond acceptors (Lipinski definition) is 4. The van der Waals surface area contributed by atoms with E-state index in [9.17, 15) is 14.4 Å². The van der Waals surface area contributed by atoms with Gasteiger partial charge in [-0.25, -0.2) is 0 Å². The van der Waals surface area contributed by atoms with Crippen LogP contribution in [0.4, 0.5) is 0 Å². The molecule has 0 radical (unpaired) electrons. The van der Waals surface area contributed by atoms with Crippen LogP contribution in [0.15, 0.2) is 0 Å². The zero-order valence-electron chi connectivity index (χ0n) is 11.7. The lowest BCUT2D eigenvalue weighted by molar-refractivity contribution is -0.119. The Morgan fingerprint density at radius 2 is 1.12 bits per heavy atom. The summed E-state index contributed by atoms with van der Waals surface area (Å²) in [5, 5.41) is 0. The van der Waals surface area contributed by atoms with Crippen LogP contribution < -0.4 is 0 Å². The minimum Gasteiger partial charge on any atom is -0.304 e. The summed E-state index contributed by atoms with van der Waals surface area (Å²) in [4.78, 5) is 39.3. The smallest absolute Gasteiger partial charge is 0.130 e. The largest absolute Gasteiger partial charge is 0.304 e. The van der Waals surface area contributed by atoms with Gasteiger partial charge in [-0.2, -0.15) is 0 Å². The summed E-state index contributed by atoms with van der Waals surface area (Å²) < 4.78 is 0. The Bertz CT molecular complexity index is 224. The van der Waals surface area contributed by atoms with Gasteiger partial charge in [-0.3, -0.25) is 0 Å². The Balaban J connectivity index is -0.000000232. The van der Waals surface area contributed by atoms with Crippen molar-refractivity contribution < 1.29 is 19.2 Å². The molecule has 0 aromatic rings. The van der Waals surface area contributed by atoms with Gasteiger partial charge in [0.05, 0.1) is 0 Å². The maximum Gasteiger partial charge on any atom is 0.130 e. The molecule has 0 bridgehead atoms. The quantitative estimate of drug-likeness (QED) is 0.712. The number of carbonyl (C=O) groups is 4. The Morgan fingerprint density at radius 1 is 0.941 bits per heavy atom. The second kappa shape index (κ2) is 14.7. The molecule has 0 unspecified atom stereocenters. The fourth-order valence-electron chi connectivity index (χ4n) is 1.05. The van der Waals surface area contributed by atoms with E-state index in [0.29, 0.717) is 12.8 Å². The molecule has 0 spiro atoms. The van der Waals surface area contributed by atoms with Crippen molar-refractivity contribution in [1.82, 2.24) is 0 Å². The monoisotopic (exact) mass is 244 g/mol. The number of rotatable bonds is 4. The number of Topliss-reactive ketones (excluding diaryl/α,β-unsaturated/α-hetero) is 3. The standard InChI is InChI=1S/C8H14O2.C3H6O.C2H4O/c1-6(4-7(2)9)5-8(3)10;1-3(2)4;1-2-3/h6H,4-5H2,1-3H3;1-2H3;2H,1H3. The second-order valence-electron chi connectivity index (χ2n) is 4.06. The second-order valence-corrected chi connectivity index (χ2v) is 4.06. The van der Waals surface area contributed by atoms with E-state index in [1.807, 2.05) is 6.92 Å². The van der Waals surface area contributed by atoms with Crippen LogP contribution in [0, 0.1) is 5.92 Å². The van der Waals surface area contributed by atoms with Gasteiger partial charge in [-0.1, -0.05) is 6.92 Å². The van der Waals surface area contributed by atoms with Crippen LogP contribution in [0.5, 0.6) is 0 Å².